The Morgan fingerprint density at radius 1 is 1.43 bits per heavy atom. The van der Waals surface area contributed by atoms with Crippen LogP contribution in [0.3, 0.4) is 0 Å². The van der Waals surface area contributed by atoms with Crippen molar-refractivity contribution in [2.75, 3.05) is 36.5 Å². The van der Waals surface area contributed by atoms with Gasteiger partial charge in [0.15, 0.2) is 9.84 Å². The van der Waals surface area contributed by atoms with Crippen molar-refractivity contribution < 1.29 is 13.2 Å². The van der Waals surface area contributed by atoms with Gasteiger partial charge in [-0.05, 0) is 19.2 Å². The van der Waals surface area contributed by atoms with E-state index < -0.39 is 9.84 Å². The minimum atomic E-state index is -3.02. The second-order valence-corrected chi connectivity index (χ2v) is 7.95. The molecule has 21 heavy (non-hydrogen) atoms. The maximum Gasteiger partial charge on any atom is 0.228 e. The Kier molecular flexibility index (Phi) is 3.71. The molecule has 1 aromatic rings. The van der Waals surface area contributed by atoms with Crippen molar-refractivity contribution in [1.82, 2.24) is 9.88 Å². The van der Waals surface area contributed by atoms with Crippen molar-refractivity contribution >= 4 is 21.4 Å². The van der Waals surface area contributed by atoms with Gasteiger partial charge >= 0.3 is 0 Å². The molecule has 0 spiro atoms. The topological polar surface area (TPSA) is 70.6 Å². The van der Waals surface area contributed by atoms with Crippen molar-refractivity contribution in [2.45, 2.75) is 18.9 Å². The van der Waals surface area contributed by atoms with Gasteiger partial charge in [-0.25, -0.2) is 8.42 Å². The number of carbonyl (C=O) groups is 1. The molecule has 1 saturated heterocycles. The molecule has 6 nitrogen and oxygen atoms in total. The Labute approximate surface area is 124 Å². The van der Waals surface area contributed by atoms with Gasteiger partial charge in [0, 0.05) is 38.2 Å². The number of carbonyl (C=O) groups excluding carboxylic acids is 1. The zero-order valence-electron chi connectivity index (χ0n) is 12.0. The van der Waals surface area contributed by atoms with Gasteiger partial charge in [0.25, 0.3) is 0 Å². The molecule has 0 saturated carbocycles. The lowest BCUT2D eigenvalue weighted by atomic mass is 10.2. The number of pyridine rings is 1. The Morgan fingerprint density at radius 3 is 3.05 bits per heavy atom. The average Bonchev–Trinajstić information content (AvgIpc) is 2.86. The van der Waals surface area contributed by atoms with Crippen LogP contribution < -0.4 is 4.90 Å². The molecular weight excluding hydrogens is 290 g/mol. The molecule has 1 amide bonds. The number of rotatable bonds is 2. The summed E-state index contributed by atoms with van der Waals surface area (Å²) in [4.78, 5) is 20.5. The van der Waals surface area contributed by atoms with Gasteiger partial charge < -0.3 is 9.80 Å². The first-order chi connectivity index (χ1) is 9.96. The van der Waals surface area contributed by atoms with E-state index in [1.54, 1.807) is 11.1 Å². The molecule has 3 heterocycles. The van der Waals surface area contributed by atoms with Crippen LogP contribution in [0.5, 0.6) is 0 Å². The fourth-order valence-corrected chi connectivity index (χ4v) is 4.65. The van der Waals surface area contributed by atoms with Gasteiger partial charge in [-0.1, -0.05) is 0 Å². The maximum atomic E-state index is 12.5. The minimum Gasteiger partial charge on any atom is -0.310 e. The first-order valence-electron chi connectivity index (χ1n) is 7.11. The number of sulfone groups is 1. The van der Waals surface area contributed by atoms with Crippen molar-refractivity contribution in [2.24, 2.45) is 0 Å². The van der Waals surface area contributed by atoms with E-state index in [1.807, 2.05) is 24.1 Å². The van der Waals surface area contributed by atoms with Gasteiger partial charge in [-0.2, -0.15) is 0 Å². The van der Waals surface area contributed by atoms with Crippen LogP contribution in [0.2, 0.25) is 0 Å². The SMILES string of the molecule is CN1CCS(=O)(=O)CC1CC(=O)N1CCc2ncccc21. The molecular formula is C14H19N3O3S. The summed E-state index contributed by atoms with van der Waals surface area (Å²) in [6, 6.07) is 3.49. The predicted molar refractivity (Wildman–Crippen MR) is 80.0 cm³/mol. The summed E-state index contributed by atoms with van der Waals surface area (Å²) in [5, 5.41) is 0. The molecule has 0 bridgehead atoms. The third kappa shape index (κ3) is 2.94. The van der Waals surface area contributed by atoms with Crippen molar-refractivity contribution in [3.8, 4) is 0 Å². The smallest absolute Gasteiger partial charge is 0.228 e. The number of aromatic nitrogens is 1. The highest BCUT2D eigenvalue weighted by Gasteiger charge is 2.33. The third-order valence-corrected chi connectivity index (χ3v) is 5.96. The first kappa shape index (κ1) is 14.5. The van der Waals surface area contributed by atoms with Gasteiger partial charge in [0.2, 0.25) is 5.91 Å². The maximum absolute atomic E-state index is 12.5. The molecule has 0 aromatic carbocycles. The molecule has 114 valence electrons. The van der Waals surface area contributed by atoms with E-state index in [9.17, 15) is 13.2 Å². The Hall–Kier alpha value is -1.47. The zero-order chi connectivity index (χ0) is 15.0. The molecule has 1 aromatic heterocycles. The highest BCUT2D eigenvalue weighted by Crippen LogP contribution is 2.27. The molecule has 0 N–H and O–H groups in total. The van der Waals surface area contributed by atoms with E-state index in [2.05, 4.69) is 4.98 Å². The molecule has 1 unspecified atom stereocenters. The van der Waals surface area contributed by atoms with Crippen LogP contribution in [0.15, 0.2) is 18.3 Å². The van der Waals surface area contributed by atoms with Crippen molar-refractivity contribution in [3.63, 3.8) is 0 Å². The summed E-state index contributed by atoms with van der Waals surface area (Å²) < 4.78 is 23.5. The Bertz CT molecular complexity index is 659. The van der Waals surface area contributed by atoms with Crippen LogP contribution in [0.4, 0.5) is 5.69 Å². The highest BCUT2D eigenvalue weighted by molar-refractivity contribution is 7.91. The highest BCUT2D eigenvalue weighted by atomic mass is 32.2. The summed E-state index contributed by atoms with van der Waals surface area (Å²) in [7, 11) is -1.14. The Morgan fingerprint density at radius 2 is 2.24 bits per heavy atom. The number of amides is 1. The van der Waals surface area contributed by atoms with Crippen LogP contribution in [-0.2, 0) is 21.1 Å². The standard InChI is InChI=1S/C14H19N3O3S/c1-16-7-8-21(19,20)10-11(16)9-14(18)17-6-4-12-13(17)3-2-5-15-12/h2-3,5,11H,4,6-10H2,1H3. The lowest BCUT2D eigenvalue weighted by molar-refractivity contribution is -0.119. The summed E-state index contributed by atoms with van der Waals surface area (Å²) >= 11 is 0. The van der Waals surface area contributed by atoms with Crippen LogP contribution in [0.1, 0.15) is 12.1 Å². The molecule has 2 aliphatic rings. The lowest BCUT2D eigenvalue weighted by Crippen LogP contribution is -2.48. The minimum absolute atomic E-state index is 0.0179. The molecule has 1 fully saturated rings. The molecule has 2 aliphatic heterocycles. The number of anilines is 1. The van der Waals surface area contributed by atoms with Crippen LogP contribution in [-0.4, -0.2) is 61.9 Å². The van der Waals surface area contributed by atoms with Crippen LogP contribution in [0.25, 0.3) is 0 Å². The number of hydrogen-bond donors (Lipinski definition) is 0. The van der Waals surface area contributed by atoms with Crippen molar-refractivity contribution in [1.29, 1.82) is 0 Å². The van der Waals surface area contributed by atoms with Gasteiger partial charge in [-0.3, -0.25) is 9.78 Å². The number of fused-ring (bicyclic) bond motifs is 1. The fraction of sp³-hybridized carbons (Fsp3) is 0.571. The van der Waals surface area contributed by atoms with Gasteiger partial charge in [0.05, 0.1) is 22.9 Å². The lowest BCUT2D eigenvalue weighted by Gasteiger charge is -2.32. The zero-order valence-corrected chi connectivity index (χ0v) is 12.8. The number of hydrogen-bond acceptors (Lipinski definition) is 5. The molecule has 0 aliphatic carbocycles. The molecule has 3 rings (SSSR count). The van der Waals surface area contributed by atoms with E-state index in [0.29, 0.717) is 13.1 Å². The van der Waals surface area contributed by atoms with E-state index >= 15 is 0 Å². The monoisotopic (exact) mass is 309 g/mol. The summed E-state index contributed by atoms with van der Waals surface area (Å²) in [5.74, 6) is 0.240. The van der Waals surface area contributed by atoms with E-state index in [1.165, 1.54) is 0 Å². The van der Waals surface area contributed by atoms with E-state index in [-0.39, 0.29) is 29.9 Å². The Balaban J connectivity index is 1.72. The van der Waals surface area contributed by atoms with Crippen molar-refractivity contribution in [3.05, 3.63) is 24.0 Å². The van der Waals surface area contributed by atoms with Crippen LogP contribution in [0, 0.1) is 0 Å². The van der Waals surface area contributed by atoms with E-state index in [0.717, 1.165) is 17.8 Å². The predicted octanol–water partition coefficient (Wildman–Crippen LogP) is 0.0896. The second-order valence-electron chi connectivity index (χ2n) is 5.72. The molecule has 7 heteroatoms. The molecule has 0 radical (unpaired) electrons. The fourth-order valence-electron chi connectivity index (χ4n) is 2.96. The van der Waals surface area contributed by atoms with Crippen LogP contribution >= 0.6 is 0 Å². The van der Waals surface area contributed by atoms with E-state index in [4.69, 9.17) is 0 Å². The molecule has 1 atom stereocenters. The summed E-state index contributed by atoms with van der Waals surface area (Å²) in [6.07, 6.45) is 2.74. The quantitative estimate of drug-likeness (QED) is 0.774. The van der Waals surface area contributed by atoms with Gasteiger partial charge in [-0.15, -0.1) is 0 Å². The first-order valence-corrected chi connectivity index (χ1v) is 8.93. The third-order valence-electron chi connectivity index (χ3n) is 4.27. The second kappa shape index (κ2) is 5.38. The largest absolute Gasteiger partial charge is 0.310 e. The average molecular weight is 309 g/mol. The van der Waals surface area contributed by atoms with Gasteiger partial charge in [0.1, 0.15) is 0 Å². The summed E-state index contributed by atoms with van der Waals surface area (Å²) in [6.45, 7) is 1.13. The number of nitrogens with zero attached hydrogens (tertiary/aromatic N) is 3. The summed E-state index contributed by atoms with van der Waals surface area (Å²) in [5.41, 5.74) is 1.80. The normalized spacial score (nSPS) is 24.8.